The van der Waals surface area contributed by atoms with Crippen LogP contribution in [0.25, 0.3) is 0 Å². The molecule has 0 fully saturated rings. The normalized spacial score (nSPS) is 12.5. The van der Waals surface area contributed by atoms with Crippen molar-refractivity contribution in [2.24, 2.45) is 0 Å². The first kappa shape index (κ1) is 14.4. The molecule has 0 saturated heterocycles. The molecule has 0 nitrogen and oxygen atoms in total. The molecule has 0 saturated carbocycles. The zero-order valence-corrected chi connectivity index (χ0v) is 12.2. The van der Waals surface area contributed by atoms with E-state index in [1.165, 1.54) is 0 Å². The zero-order valence-electron chi connectivity index (χ0n) is 9.85. The summed E-state index contributed by atoms with van der Waals surface area (Å²) in [5.41, 5.74) is 1.61. The van der Waals surface area contributed by atoms with Crippen molar-refractivity contribution in [2.75, 3.05) is 0 Å². The van der Waals surface area contributed by atoms with Crippen molar-refractivity contribution < 1.29 is 13.2 Å². The molecule has 0 aromatic heterocycles. The number of halogens is 5. The average Bonchev–Trinajstić information content (AvgIpc) is 2.36. The van der Waals surface area contributed by atoms with E-state index >= 15 is 0 Å². The van der Waals surface area contributed by atoms with Crippen LogP contribution in [-0.4, -0.2) is 0 Å². The molecule has 19 heavy (non-hydrogen) atoms. The van der Waals surface area contributed by atoms with Gasteiger partial charge in [-0.15, -0.1) is 0 Å². The van der Waals surface area contributed by atoms with Gasteiger partial charge in [0.15, 0.2) is 11.6 Å². The van der Waals surface area contributed by atoms with Crippen LogP contribution in [0, 0.1) is 24.4 Å². The molecule has 0 heterocycles. The van der Waals surface area contributed by atoms with Crippen LogP contribution in [0.1, 0.15) is 21.5 Å². The molecule has 0 N–H and O–H groups in total. The Hall–Kier alpha value is -1.00. The molecule has 0 amide bonds. The molecule has 5 heteroatoms. The molecule has 2 rings (SSSR count). The third-order valence-corrected chi connectivity index (χ3v) is 4.05. The highest BCUT2D eigenvalue weighted by Gasteiger charge is 2.19. The van der Waals surface area contributed by atoms with E-state index in [9.17, 15) is 13.2 Å². The van der Waals surface area contributed by atoms with E-state index in [-0.39, 0.29) is 5.56 Å². The predicted octanol–water partition coefficient (Wildman–Crippen LogP) is 5.55. The Morgan fingerprint density at radius 2 is 1.58 bits per heavy atom. The van der Waals surface area contributed by atoms with Crippen LogP contribution >= 0.6 is 27.5 Å². The summed E-state index contributed by atoms with van der Waals surface area (Å²) in [4.78, 5) is -0.596. The van der Waals surface area contributed by atoms with E-state index in [0.717, 1.165) is 11.6 Å². The number of rotatable bonds is 2. The second kappa shape index (κ2) is 5.55. The molecular weight excluding hydrogens is 341 g/mol. The molecular formula is C14H9BrClF3. The molecule has 0 aliphatic heterocycles. The summed E-state index contributed by atoms with van der Waals surface area (Å²) < 4.78 is 39.9. The van der Waals surface area contributed by atoms with Gasteiger partial charge in [-0.05, 0) is 36.2 Å². The van der Waals surface area contributed by atoms with Crippen molar-refractivity contribution in [1.82, 2.24) is 0 Å². The second-order valence-corrected chi connectivity index (χ2v) is 5.50. The molecule has 0 radical (unpaired) electrons. The lowest BCUT2D eigenvalue weighted by molar-refractivity contribution is 0.491. The van der Waals surface area contributed by atoms with Crippen molar-refractivity contribution in [2.45, 2.75) is 11.8 Å². The van der Waals surface area contributed by atoms with E-state index in [1.807, 2.05) is 6.92 Å². The molecule has 100 valence electrons. The molecule has 0 bridgehead atoms. The number of alkyl halides is 1. The largest absolute Gasteiger partial charge is 0.207 e. The summed E-state index contributed by atoms with van der Waals surface area (Å²) in [6.45, 7) is 1.83. The minimum atomic E-state index is -1.20. The first-order chi connectivity index (χ1) is 8.90. The van der Waals surface area contributed by atoms with Gasteiger partial charge in [-0.3, -0.25) is 0 Å². The van der Waals surface area contributed by atoms with Crippen molar-refractivity contribution in [3.8, 4) is 0 Å². The van der Waals surface area contributed by atoms with Crippen LogP contribution < -0.4 is 0 Å². The van der Waals surface area contributed by atoms with Crippen LogP contribution in [0.5, 0.6) is 0 Å². The summed E-state index contributed by atoms with van der Waals surface area (Å²) in [5.74, 6) is -3.09. The highest BCUT2D eigenvalue weighted by atomic mass is 79.9. The number of hydrogen-bond acceptors (Lipinski definition) is 0. The number of hydrogen-bond donors (Lipinski definition) is 0. The van der Waals surface area contributed by atoms with Crippen LogP contribution in [0.2, 0.25) is 5.02 Å². The molecule has 2 aromatic carbocycles. The molecule has 0 aliphatic carbocycles. The lowest BCUT2D eigenvalue weighted by atomic mass is 10.00. The Morgan fingerprint density at radius 3 is 2.26 bits per heavy atom. The third kappa shape index (κ3) is 2.95. The van der Waals surface area contributed by atoms with Gasteiger partial charge in [0.1, 0.15) is 5.82 Å². The summed E-state index contributed by atoms with van der Waals surface area (Å²) in [6, 6.07) is 6.55. The first-order valence-electron chi connectivity index (χ1n) is 5.44. The van der Waals surface area contributed by atoms with Crippen LogP contribution in [0.3, 0.4) is 0 Å². The molecule has 2 aromatic rings. The van der Waals surface area contributed by atoms with Gasteiger partial charge in [0.25, 0.3) is 0 Å². The van der Waals surface area contributed by atoms with Crippen molar-refractivity contribution in [3.05, 3.63) is 69.5 Å². The lowest BCUT2D eigenvalue weighted by Gasteiger charge is -2.15. The topological polar surface area (TPSA) is 0 Å². The first-order valence-corrected chi connectivity index (χ1v) is 6.74. The predicted molar refractivity (Wildman–Crippen MR) is 73.3 cm³/mol. The van der Waals surface area contributed by atoms with Crippen LogP contribution in [0.15, 0.2) is 30.3 Å². The fraction of sp³-hybridized carbons (Fsp3) is 0.143. The highest BCUT2D eigenvalue weighted by molar-refractivity contribution is 9.09. The zero-order chi connectivity index (χ0) is 14.2. The maximum atomic E-state index is 13.7. The highest BCUT2D eigenvalue weighted by Crippen LogP contribution is 2.36. The van der Waals surface area contributed by atoms with E-state index in [0.29, 0.717) is 16.7 Å². The van der Waals surface area contributed by atoms with Gasteiger partial charge in [0.05, 0.1) is 4.83 Å². The summed E-state index contributed by atoms with van der Waals surface area (Å²) in [7, 11) is 0. The smallest absolute Gasteiger partial charge is 0.161 e. The Labute approximate surface area is 122 Å². The van der Waals surface area contributed by atoms with Crippen LogP contribution in [-0.2, 0) is 0 Å². The van der Waals surface area contributed by atoms with Gasteiger partial charge in [-0.2, -0.15) is 0 Å². The number of benzene rings is 2. The monoisotopic (exact) mass is 348 g/mol. The van der Waals surface area contributed by atoms with Crippen LogP contribution in [0.4, 0.5) is 13.2 Å². The molecule has 1 atom stereocenters. The van der Waals surface area contributed by atoms with Gasteiger partial charge in [0, 0.05) is 16.7 Å². The quantitative estimate of drug-likeness (QED) is 0.492. The Morgan fingerprint density at radius 1 is 0.947 bits per heavy atom. The van der Waals surface area contributed by atoms with Crippen molar-refractivity contribution >= 4 is 27.5 Å². The lowest BCUT2D eigenvalue weighted by Crippen LogP contribution is -2.01. The Balaban J connectivity index is 2.52. The maximum absolute atomic E-state index is 13.7. The maximum Gasteiger partial charge on any atom is 0.161 e. The van der Waals surface area contributed by atoms with Gasteiger partial charge in [-0.1, -0.05) is 33.6 Å². The molecule has 0 aliphatic rings. The van der Waals surface area contributed by atoms with Gasteiger partial charge in [-0.25, -0.2) is 13.2 Å². The third-order valence-electron chi connectivity index (χ3n) is 2.83. The SMILES string of the molecule is Cc1ccc(Cl)cc1C(Br)c1cc(F)c(F)cc1F. The second-order valence-electron chi connectivity index (χ2n) is 4.15. The van der Waals surface area contributed by atoms with Crippen molar-refractivity contribution in [1.29, 1.82) is 0 Å². The molecule has 0 spiro atoms. The van der Waals surface area contributed by atoms with Crippen molar-refractivity contribution in [3.63, 3.8) is 0 Å². The fourth-order valence-corrected chi connectivity index (χ4v) is 2.81. The van der Waals surface area contributed by atoms with Gasteiger partial charge >= 0.3 is 0 Å². The van der Waals surface area contributed by atoms with Gasteiger partial charge < -0.3 is 0 Å². The number of aryl methyl sites for hydroxylation is 1. The molecule has 1 unspecified atom stereocenters. The van der Waals surface area contributed by atoms with Gasteiger partial charge in [0.2, 0.25) is 0 Å². The standard InChI is InChI=1S/C14H9BrClF3/c1-7-2-3-8(16)4-9(7)14(15)10-5-12(18)13(19)6-11(10)17/h2-6,14H,1H3. The fourth-order valence-electron chi connectivity index (χ4n) is 1.78. The minimum absolute atomic E-state index is 0.0317. The average molecular weight is 350 g/mol. The van der Waals surface area contributed by atoms with E-state index in [4.69, 9.17) is 11.6 Å². The summed E-state index contributed by atoms with van der Waals surface area (Å²) in [6.07, 6.45) is 0. The summed E-state index contributed by atoms with van der Waals surface area (Å²) in [5, 5.41) is 0.494. The Kier molecular flexibility index (Phi) is 4.21. The van der Waals surface area contributed by atoms with E-state index in [1.54, 1.807) is 18.2 Å². The van der Waals surface area contributed by atoms with E-state index < -0.39 is 22.3 Å². The minimum Gasteiger partial charge on any atom is -0.207 e. The Bertz CT molecular complexity index is 628. The summed E-state index contributed by atoms with van der Waals surface area (Å²) >= 11 is 9.20. The van der Waals surface area contributed by atoms with E-state index in [2.05, 4.69) is 15.9 Å².